The van der Waals surface area contributed by atoms with Gasteiger partial charge in [-0.15, -0.1) is 0 Å². The predicted octanol–water partition coefficient (Wildman–Crippen LogP) is 3.68. The van der Waals surface area contributed by atoms with Gasteiger partial charge in [0.25, 0.3) is 0 Å². The van der Waals surface area contributed by atoms with Crippen molar-refractivity contribution in [1.29, 1.82) is 0 Å². The van der Waals surface area contributed by atoms with Gasteiger partial charge in [-0.1, -0.05) is 26.7 Å². The van der Waals surface area contributed by atoms with Gasteiger partial charge in [-0.25, -0.2) is 0 Å². The summed E-state index contributed by atoms with van der Waals surface area (Å²) in [4.78, 5) is 4.61. The van der Waals surface area contributed by atoms with Crippen LogP contribution in [0, 0.1) is 0 Å². The molecule has 0 saturated heterocycles. The van der Waals surface area contributed by atoms with E-state index in [0.29, 0.717) is 0 Å². The predicted molar refractivity (Wildman–Crippen MR) is 84.0 cm³/mol. The molecule has 18 heavy (non-hydrogen) atoms. The molecule has 0 aromatic heterocycles. The van der Waals surface area contributed by atoms with Gasteiger partial charge in [0.1, 0.15) is 6.54 Å². The highest BCUT2D eigenvalue weighted by Crippen LogP contribution is 2.17. The molecule has 0 aromatic rings. The number of aliphatic imine (C=N–C) groups is 1. The van der Waals surface area contributed by atoms with Crippen LogP contribution in [0.15, 0.2) is 9.65 Å². The fourth-order valence-electron chi connectivity index (χ4n) is 2.34. The fourth-order valence-corrected chi connectivity index (χ4v) is 3.24. The van der Waals surface area contributed by atoms with Gasteiger partial charge in [0, 0.05) is 0 Å². The molecule has 0 aliphatic carbocycles. The average molecular weight is 269 g/mol. The fraction of sp³-hybridized carbons (Fsp3) is 0.857. The second-order valence-electron chi connectivity index (χ2n) is 6.47. The first kappa shape index (κ1) is 15.6. The molecule has 0 bridgehead atoms. The second kappa shape index (κ2) is 6.62. The van der Waals surface area contributed by atoms with E-state index in [1.165, 1.54) is 38.8 Å². The number of hydrogen-bond acceptors (Lipinski definition) is 1. The van der Waals surface area contributed by atoms with Crippen LogP contribution in [0.2, 0.25) is 19.6 Å². The lowest BCUT2D eigenvalue weighted by molar-refractivity contribution is -0.823. The number of hydrogen-bond donors (Lipinski definition) is 0. The van der Waals surface area contributed by atoms with E-state index in [0.717, 1.165) is 16.9 Å². The first-order valence-corrected chi connectivity index (χ1v) is 10.9. The SMILES string of the molecule is CCCC[N+]1(CCCC)C=NC(=N[Si](C)(C)C)C1. The van der Waals surface area contributed by atoms with Gasteiger partial charge in [-0.05, 0) is 32.5 Å². The summed E-state index contributed by atoms with van der Waals surface area (Å²) in [5, 5.41) is 0. The normalized spacial score (nSPS) is 20.8. The summed E-state index contributed by atoms with van der Waals surface area (Å²) in [6, 6.07) is 0. The van der Waals surface area contributed by atoms with Crippen molar-refractivity contribution in [2.24, 2.45) is 9.65 Å². The summed E-state index contributed by atoms with van der Waals surface area (Å²) in [5.74, 6) is 1.10. The molecule has 0 aromatic carbocycles. The van der Waals surface area contributed by atoms with Crippen LogP contribution in [0.1, 0.15) is 39.5 Å². The van der Waals surface area contributed by atoms with Gasteiger partial charge in [-0.2, -0.15) is 4.99 Å². The molecule has 1 aliphatic rings. The molecule has 0 saturated carbocycles. The summed E-state index contributed by atoms with van der Waals surface area (Å²) in [7, 11) is -1.38. The highest BCUT2D eigenvalue weighted by atomic mass is 28.3. The minimum atomic E-state index is -1.38. The van der Waals surface area contributed by atoms with Crippen molar-refractivity contribution < 1.29 is 4.48 Å². The van der Waals surface area contributed by atoms with E-state index in [4.69, 9.17) is 4.66 Å². The molecule has 0 N–H and O–H groups in total. The number of amidine groups is 1. The maximum atomic E-state index is 4.86. The highest BCUT2D eigenvalue weighted by Gasteiger charge is 2.32. The summed E-state index contributed by atoms with van der Waals surface area (Å²) in [6.07, 6.45) is 7.27. The minimum Gasteiger partial charge on any atom is -0.304 e. The summed E-state index contributed by atoms with van der Waals surface area (Å²) < 4.78 is 5.91. The van der Waals surface area contributed by atoms with Gasteiger partial charge < -0.3 is 4.66 Å². The van der Waals surface area contributed by atoms with Crippen LogP contribution in [-0.2, 0) is 0 Å². The van der Waals surface area contributed by atoms with Gasteiger partial charge in [0.15, 0.2) is 20.4 Å². The molecule has 0 fully saturated rings. The van der Waals surface area contributed by atoms with Crippen LogP contribution in [0.25, 0.3) is 0 Å². The zero-order valence-corrected chi connectivity index (χ0v) is 13.9. The van der Waals surface area contributed by atoms with Crippen LogP contribution in [0.3, 0.4) is 0 Å². The zero-order valence-electron chi connectivity index (χ0n) is 12.9. The first-order chi connectivity index (χ1) is 8.41. The van der Waals surface area contributed by atoms with Crippen LogP contribution < -0.4 is 0 Å². The van der Waals surface area contributed by atoms with Gasteiger partial charge in [0.2, 0.25) is 0 Å². The number of rotatable bonds is 7. The van der Waals surface area contributed by atoms with Crippen LogP contribution in [0.5, 0.6) is 0 Å². The quantitative estimate of drug-likeness (QED) is 0.497. The molecule has 3 nitrogen and oxygen atoms in total. The lowest BCUT2D eigenvalue weighted by Crippen LogP contribution is -2.47. The van der Waals surface area contributed by atoms with Crippen LogP contribution in [-0.4, -0.2) is 44.5 Å². The number of nitrogens with zero attached hydrogens (tertiary/aromatic N) is 3. The van der Waals surface area contributed by atoms with Crippen molar-refractivity contribution in [1.82, 2.24) is 0 Å². The van der Waals surface area contributed by atoms with E-state index in [-0.39, 0.29) is 0 Å². The van der Waals surface area contributed by atoms with Crippen molar-refractivity contribution in [3.05, 3.63) is 0 Å². The molecule has 0 atom stereocenters. The Morgan fingerprint density at radius 3 is 2.17 bits per heavy atom. The molecule has 1 heterocycles. The molecule has 0 radical (unpaired) electrons. The monoisotopic (exact) mass is 268 g/mol. The van der Waals surface area contributed by atoms with Gasteiger partial charge in [0.05, 0.1) is 13.1 Å². The Kier molecular flexibility index (Phi) is 5.72. The van der Waals surface area contributed by atoms with E-state index in [2.05, 4.69) is 44.8 Å². The Labute approximate surface area is 114 Å². The molecule has 0 spiro atoms. The minimum absolute atomic E-state index is 1.03. The topological polar surface area (TPSA) is 24.7 Å². The van der Waals surface area contributed by atoms with Crippen molar-refractivity contribution in [2.45, 2.75) is 59.2 Å². The van der Waals surface area contributed by atoms with E-state index in [1.54, 1.807) is 0 Å². The molecular formula is C14H30N3Si+. The van der Waals surface area contributed by atoms with Crippen molar-refractivity contribution in [2.75, 3.05) is 19.6 Å². The van der Waals surface area contributed by atoms with E-state index in [1.807, 2.05) is 0 Å². The van der Waals surface area contributed by atoms with E-state index in [9.17, 15) is 0 Å². The Balaban J connectivity index is 2.71. The maximum Gasteiger partial charge on any atom is 0.192 e. The zero-order chi connectivity index (χ0) is 13.6. The standard InChI is InChI=1S/C14H30N3Si/c1-6-8-10-17(11-9-7-2)12-14(15-13-17)16-18(3,4)5/h13H,6-12H2,1-5H3/q+1. The third kappa shape index (κ3) is 5.02. The summed E-state index contributed by atoms with van der Waals surface area (Å²) in [6.45, 7) is 14.8. The Hall–Kier alpha value is -0.483. The summed E-state index contributed by atoms with van der Waals surface area (Å²) >= 11 is 0. The van der Waals surface area contributed by atoms with Gasteiger partial charge >= 0.3 is 0 Å². The molecule has 4 heteroatoms. The Morgan fingerprint density at radius 2 is 1.72 bits per heavy atom. The lowest BCUT2D eigenvalue weighted by atomic mass is 10.2. The third-order valence-corrected chi connectivity index (χ3v) is 4.22. The summed E-state index contributed by atoms with van der Waals surface area (Å²) in [5.41, 5.74) is 0. The van der Waals surface area contributed by atoms with Crippen LogP contribution >= 0.6 is 0 Å². The second-order valence-corrected chi connectivity index (χ2v) is 11.0. The van der Waals surface area contributed by atoms with E-state index >= 15 is 0 Å². The average Bonchev–Trinajstić information content (AvgIpc) is 2.65. The molecular weight excluding hydrogens is 238 g/mol. The smallest absolute Gasteiger partial charge is 0.192 e. The number of quaternary nitrogens is 1. The molecule has 104 valence electrons. The van der Waals surface area contributed by atoms with Crippen LogP contribution in [0.4, 0.5) is 0 Å². The molecule has 0 unspecified atom stereocenters. The van der Waals surface area contributed by atoms with Gasteiger partial charge in [-0.3, -0.25) is 4.48 Å². The number of unbranched alkanes of at least 4 members (excludes halogenated alkanes) is 2. The van der Waals surface area contributed by atoms with Crippen molar-refractivity contribution in [3.63, 3.8) is 0 Å². The molecule has 1 aliphatic heterocycles. The first-order valence-electron chi connectivity index (χ1n) is 7.40. The maximum absolute atomic E-state index is 4.86. The Bertz CT molecular complexity index is 307. The van der Waals surface area contributed by atoms with Crippen molar-refractivity contribution >= 4 is 20.4 Å². The third-order valence-electron chi connectivity index (χ3n) is 3.29. The molecule has 0 amide bonds. The lowest BCUT2D eigenvalue weighted by Gasteiger charge is -2.30. The van der Waals surface area contributed by atoms with E-state index < -0.39 is 8.24 Å². The van der Waals surface area contributed by atoms with Crippen molar-refractivity contribution in [3.8, 4) is 0 Å². The Morgan fingerprint density at radius 1 is 1.17 bits per heavy atom. The highest BCUT2D eigenvalue weighted by molar-refractivity contribution is 6.75. The largest absolute Gasteiger partial charge is 0.304 e. The molecule has 1 rings (SSSR count).